The minimum Gasteiger partial charge on any atom is -0.489 e. The number of likely N-dealkylation sites (tertiary alicyclic amines) is 1. The first-order chi connectivity index (χ1) is 15.4. The van der Waals surface area contributed by atoms with Gasteiger partial charge in [-0.1, -0.05) is 11.6 Å². The van der Waals surface area contributed by atoms with Crippen LogP contribution in [0.15, 0.2) is 12.1 Å². The fraction of sp³-hybridized carbons (Fsp3) is 0.696. The molecule has 178 valence electrons. The third kappa shape index (κ3) is 5.85. The Kier molecular flexibility index (Phi) is 7.78. The molecule has 8 nitrogen and oxygen atoms in total. The van der Waals surface area contributed by atoms with Gasteiger partial charge in [0.05, 0.1) is 38.1 Å². The van der Waals surface area contributed by atoms with E-state index in [4.69, 9.17) is 30.5 Å². The number of rotatable bonds is 7. The standard InChI is InChI=1S/C23H33ClN2O6/c1-23(31-10-11-32-23)5-2-6-26-7-4-16(19(27)15-26)14-25-22(28)18-12-17(24)13-20-21(18)30-9-3-8-29-20/h12-13,16,19,27H,2-11,14-15H2,1H3,(H,25,28)/t16-,19+/m0/s1. The molecule has 0 saturated carbocycles. The molecule has 2 atom stereocenters. The van der Waals surface area contributed by atoms with Gasteiger partial charge in [-0.05, 0) is 38.9 Å². The van der Waals surface area contributed by atoms with Gasteiger partial charge < -0.3 is 34.3 Å². The maximum Gasteiger partial charge on any atom is 0.255 e. The van der Waals surface area contributed by atoms with E-state index in [0.29, 0.717) is 61.6 Å². The number of aliphatic hydroxyl groups is 1. The number of hydrogen-bond acceptors (Lipinski definition) is 7. The lowest BCUT2D eigenvalue weighted by Crippen LogP contribution is -2.48. The van der Waals surface area contributed by atoms with Crippen LogP contribution >= 0.6 is 11.6 Å². The summed E-state index contributed by atoms with van der Waals surface area (Å²) in [5.74, 6) is 0.200. The van der Waals surface area contributed by atoms with Crippen LogP contribution in [0.1, 0.15) is 43.0 Å². The highest BCUT2D eigenvalue weighted by atomic mass is 35.5. The van der Waals surface area contributed by atoms with Crippen molar-refractivity contribution in [2.45, 2.75) is 44.5 Å². The lowest BCUT2D eigenvalue weighted by molar-refractivity contribution is -0.148. The summed E-state index contributed by atoms with van der Waals surface area (Å²) >= 11 is 6.18. The van der Waals surface area contributed by atoms with Crippen molar-refractivity contribution in [1.29, 1.82) is 0 Å². The van der Waals surface area contributed by atoms with E-state index in [2.05, 4.69) is 10.2 Å². The summed E-state index contributed by atoms with van der Waals surface area (Å²) in [5, 5.41) is 14.0. The molecule has 32 heavy (non-hydrogen) atoms. The number of fused-ring (bicyclic) bond motifs is 1. The average molecular weight is 469 g/mol. The van der Waals surface area contributed by atoms with E-state index in [1.165, 1.54) is 0 Å². The highest BCUT2D eigenvalue weighted by molar-refractivity contribution is 6.31. The second kappa shape index (κ2) is 10.6. The normalized spacial score (nSPS) is 25.3. The molecule has 9 heteroatoms. The number of piperidine rings is 1. The number of ether oxygens (including phenoxy) is 4. The first-order valence-electron chi connectivity index (χ1n) is 11.5. The number of benzene rings is 1. The van der Waals surface area contributed by atoms with Crippen molar-refractivity contribution < 1.29 is 28.8 Å². The van der Waals surface area contributed by atoms with Crippen LogP contribution in [0.4, 0.5) is 0 Å². The van der Waals surface area contributed by atoms with Crippen molar-refractivity contribution >= 4 is 17.5 Å². The van der Waals surface area contributed by atoms with Gasteiger partial charge >= 0.3 is 0 Å². The number of amides is 1. The van der Waals surface area contributed by atoms with E-state index in [-0.39, 0.29) is 11.8 Å². The second-order valence-electron chi connectivity index (χ2n) is 8.89. The molecule has 2 fully saturated rings. The maximum absolute atomic E-state index is 12.9. The topological polar surface area (TPSA) is 89.5 Å². The van der Waals surface area contributed by atoms with Crippen LogP contribution in [0.5, 0.6) is 11.5 Å². The molecule has 0 unspecified atom stereocenters. The van der Waals surface area contributed by atoms with Gasteiger partial charge in [-0.15, -0.1) is 0 Å². The molecule has 1 aromatic carbocycles. The van der Waals surface area contributed by atoms with E-state index in [9.17, 15) is 9.90 Å². The van der Waals surface area contributed by atoms with Gasteiger partial charge in [-0.25, -0.2) is 0 Å². The molecule has 1 amide bonds. The zero-order valence-electron chi connectivity index (χ0n) is 18.6. The van der Waals surface area contributed by atoms with Gasteiger partial charge in [0.25, 0.3) is 5.91 Å². The molecule has 0 aliphatic carbocycles. The summed E-state index contributed by atoms with van der Waals surface area (Å²) < 4.78 is 22.7. The fourth-order valence-corrected chi connectivity index (χ4v) is 4.75. The summed E-state index contributed by atoms with van der Waals surface area (Å²) in [4.78, 5) is 15.1. The molecule has 3 heterocycles. The van der Waals surface area contributed by atoms with E-state index in [1.807, 2.05) is 6.92 Å². The van der Waals surface area contributed by atoms with Crippen LogP contribution < -0.4 is 14.8 Å². The van der Waals surface area contributed by atoms with Crippen molar-refractivity contribution in [3.8, 4) is 11.5 Å². The van der Waals surface area contributed by atoms with Crippen molar-refractivity contribution in [2.75, 3.05) is 52.6 Å². The SMILES string of the molecule is CC1(CCCN2CC[C@@H](CNC(=O)c3cc(Cl)cc4c3OCCCO4)[C@H](O)C2)OCCO1. The molecular formula is C23H33ClN2O6. The predicted octanol–water partition coefficient (Wildman–Crippen LogP) is 2.46. The van der Waals surface area contributed by atoms with E-state index in [1.54, 1.807) is 12.1 Å². The van der Waals surface area contributed by atoms with Crippen LogP contribution in [-0.4, -0.2) is 80.4 Å². The van der Waals surface area contributed by atoms with Gasteiger partial charge in [0.2, 0.25) is 0 Å². The summed E-state index contributed by atoms with van der Waals surface area (Å²) in [6.07, 6.45) is 2.87. The van der Waals surface area contributed by atoms with E-state index >= 15 is 0 Å². The number of β-amino-alcohol motifs (C(OH)–C–C–N with tert-alkyl or cyclic N) is 1. The van der Waals surface area contributed by atoms with Crippen LogP contribution in [0, 0.1) is 5.92 Å². The minimum absolute atomic E-state index is 0.00386. The van der Waals surface area contributed by atoms with Gasteiger partial charge in [0.1, 0.15) is 0 Å². The highest BCUT2D eigenvalue weighted by Gasteiger charge is 2.32. The summed E-state index contributed by atoms with van der Waals surface area (Å²) in [6, 6.07) is 3.27. The second-order valence-corrected chi connectivity index (χ2v) is 9.33. The lowest BCUT2D eigenvalue weighted by atomic mass is 9.93. The Morgan fingerprint density at radius 2 is 2.03 bits per heavy atom. The molecule has 0 aromatic heterocycles. The van der Waals surface area contributed by atoms with Crippen LogP contribution in [0.3, 0.4) is 0 Å². The first-order valence-corrected chi connectivity index (χ1v) is 11.9. The zero-order chi connectivity index (χ0) is 22.6. The quantitative estimate of drug-likeness (QED) is 0.635. The number of nitrogens with one attached hydrogen (secondary N) is 1. The minimum atomic E-state index is -0.491. The molecule has 3 aliphatic heterocycles. The molecule has 0 bridgehead atoms. The molecular weight excluding hydrogens is 436 g/mol. The third-order valence-electron chi connectivity index (χ3n) is 6.39. The average Bonchev–Trinajstić information content (AvgIpc) is 3.05. The Morgan fingerprint density at radius 3 is 2.81 bits per heavy atom. The smallest absolute Gasteiger partial charge is 0.255 e. The number of halogens is 1. The molecule has 0 radical (unpaired) electrons. The Hall–Kier alpha value is -1.58. The van der Waals surface area contributed by atoms with E-state index in [0.717, 1.165) is 38.8 Å². The van der Waals surface area contributed by atoms with Crippen molar-refractivity contribution in [2.24, 2.45) is 5.92 Å². The fourth-order valence-electron chi connectivity index (χ4n) is 4.54. The Balaban J connectivity index is 1.25. The molecule has 0 spiro atoms. The predicted molar refractivity (Wildman–Crippen MR) is 119 cm³/mol. The van der Waals surface area contributed by atoms with E-state index < -0.39 is 11.9 Å². The Morgan fingerprint density at radius 1 is 1.25 bits per heavy atom. The van der Waals surface area contributed by atoms with Gasteiger partial charge in [0, 0.05) is 42.9 Å². The molecule has 1 aromatic rings. The monoisotopic (exact) mass is 468 g/mol. The van der Waals surface area contributed by atoms with Crippen LogP contribution in [-0.2, 0) is 9.47 Å². The Labute approximate surface area is 194 Å². The largest absolute Gasteiger partial charge is 0.489 e. The highest BCUT2D eigenvalue weighted by Crippen LogP contribution is 2.36. The summed E-state index contributed by atoms with van der Waals surface area (Å²) in [7, 11) is 0. The third-order valence-corrected chi connectivity index (χ3v) is 6.61. The number of carbonyl (C=O) groups excluding carboxylic acids is 1. The number of aliphatic hydroxyl groups excluding tert-OH is 1. The molecule has 2 saturated heterocycles. The lowest BCUT2D eigenvalue weighted by Gasteiger charge is -2.36. The molecule has 4 rings (SSSR count). The maximum atomic E-state index is 12.9. The van der Waals surface area contributed by atoms with Gasteiger partial charge in [-0.2, -0.15) is 0 Å². The molecule has 2 N–H and O–H groups in total. The van der Waals surface area contributed by atoms with Crippen LogP contribution in [0.25, 0.3) is 0 Å². The number of hydrogen-bond donors (Lipinski definition) is 2. The Bertz CT molecular complexity index is 801. The van der Waals surface area contributed by atoms with Gasteiger partial charge in [0.15, 0.2) is 17.3 Å². The van der Waals surface area contributed by atoms with Crippen LogP contribution in [0.2, 0.25) is 5.02 Å². The number of nitrogens with zero attached hydrogens (tertiary/aromatic N) is 1. The summed E-state index contributed by atoms with van der Waals surface area (Å²) in [5.41, 5.74) is 0.367. The van der Waals surface area contributed by atoms with Crippen molar-refractivity contribution in [1.82, 2.24) is 10.2 Å². The summed E-state index contributed by atoms with van der Waals surface area (Å²) in [6.45, 7) is 7.09. The zero-order valence-corrected chi connectivity index (χ0v) is 19.4. The van der Waals surface area contributed by atoms with Gasteiger partial charge in [-0.3, -0.25) is 4.79 Å². The first kappa shape index (κ1) is 23.6. The van der Waals surface area contributed by atoms with Crippen molar-refractivity contribution in [3.05, 3.63) is 22.7 Å². The van der Waals surface area contributed by atoms with Crippen molar-refractivity contribution in [3.63, 3.8) is 0 Å². The number of carbonyl (C=O) groups is 1. The molecule has 3 aliphatic rings.